The monoisotopic (exact) mass is 398 g/mol. The molecule has 28 heavy (non-hydrogen) atoms. The summed E-state index contributed by atoms with van der Waals surface area (Å²) in [6.07, 6.45) is 0. The van der Waals surface area contributed by atoms with Crippen molar-refractivity contribution in [3.8, 4) is 11.5 Å². The first-order valence-electron chi connectivity index (χ1n) is 8.57. The Labute approximate surface area is 167 Å². The summed E-state index contributed by atoms with van der Waals surface area (Å²) in [6, 6.07) is 19.5. The number of nitrogens with one attached hydrogen (secondary N) is 1. The summed E-state index contributed by atoms with van der Waals surface area (Å²) in [5.74, 6) is 1.25. The first kappa shape index (κ1) is 19.5. The molecule has 0 aromatic heterocycles. The quantitative estimate of drug-likeness (QED) is 0.403. The zero-order chi connectivity index (χ0) is 19.9. The molecule has 0 unspecified atom stereocenters. The Morgan fingerprint density at radius 2 is 1.75 bits per heavy atom. The van der Waals surface area contributed by atoms with E-state index in [0.717, 1.165) is 11.1 Å². The smallest absolute Gasteiger partial charge is 0.271 e. The number of halogens is 1. The Hall–Kier alpha value is -3.25. The van der Waals surface area contributed by atoms with Crippen molar-refractivity contribution in [1.29, 1.82) is 0 Å². The number of anilines is 1. The number of nitrogens with zero attached hydrogens (tertiary/aromatic N) is 1. The van der Waals surface area contributed by atoms with Crippen molar-refractivity contribution in [3.63, 3.8) is 0 Å². The highest BCUT2D eigenvalue weighted by Crippen LogP contribution is 2.29. The van der Waals surface area contributed by atoms with Crippen LogP contribution in [-0.4, -0.2) is 12.0 Å². The molecule has 3 aromatic rings. The summed E-state index contributed by atoms with van der Waals surface area (Å²) in [7, 11) is 1.59. The number of nitro groups is 1. The summed E-state index contributed by atoms with van der Waals surface area (Å²) in [4.78, 5) is 10.5. The average Bonchev–Trinajstić information content (AvgIpc) is 2.72. The number of benzene rings is 3. The van der Waals surface area contributed by atoms with E-state index in [0.29, 0.717) is 35.4 Å². The van der Waals surface area contributed by atoms with Gasteiger partial charge in [0.05, 0.1) is 12.0 Å². The lowest BCUT2D eigenvalue weighted by molar-refractivity contribution is -0.384. The highest BCUT2D eigenvalue weighted by molar-refractivity contribution is 6.30. The van der Waals surface area contributed by atoms with Gasteiger partial charge in [0.1, 0.15) is 6.61 Å². The molecule has 3 rings (SSSR count). The number of non-ortho nitro benzene ring substituents is 1. The van der Waals surface area contributed by atoms with Crippen molar-refractivity contribution >= 4 is 23.0 Å². The van der Waals surface area contributed by atoms with Gasteiger partial charge in [-0.3, -0.25) is 10.1 Å². The maximum atomic E-state index is 10.9. The lowest BCUT2D eigenvalue weighted by Crippen LogP contribution is -2.02. The van der Waals surface area contributed by atoms with E-state index in [2.05, 4.69) is 5.32 Å². The number of hydrogen-bond donors (Lipinski definition) is 1. The van der Waals surface area contributed by atoms with Crippen LogP contribution in [0.1, 0.15) is 11.1 Å². The molecule has 0 bridgehead atoms. The average molecular weight is 399 g/mol. The van der Waals surface area contributed by atoms with Crippen LogP contribution in [0.25, 0.3) is 0 Å². The fraction of sp³-hybridized carbons (Fsp3) is 0.143. The van der Waals surface area contributed by atoms with Gasteiger partial charge in [-0.2, -0.15) is 0 Å². The second kappa shape index (κ2) is 9.10. The van der Waals surface area contributed by atoms with Crippen LogP contribution in [0.4, 0.5) is 11.4 Å². The van der Waals surface area contributed by atoms with Gasteiger partial charge >= 0.3 is 0 Å². The maximum Gasteiger partial charge on any atom is 0.271 e. The molecule has 0 aliphatic carbocycles. The van der Waals surface area contributed by atoms with E-state index in [1.54, 1.807) is 19.2 Å². The van der Waals surface area contributed by atoms with Gasteiger partial charge in [-0.05, 0) is 41.5 Å². The first-order valence-corrected chi connectivity index (χ1v) is 8.95. The van der Waals surface area contributed by atoms with Crippen LogP contribution in [0.2, 0.25) is 5.02 Å². The zero-order valence-corrected chi connectivity index (χ0v) is 16.0. The standard InChI is InChI=1S/C21H19ClN2O4/c1-27-21-11-16(13-23-18-3-2-4-19(12-18)24(25)26)7-10-20(21)28-14-15-5-8-17(22)9-6-15/h2-12,23H,13-14H2,1H3. The van der Waals surface area contributed by atoms with E-state index in [1.807, 2.05) is 42.5 Å². The normalized spacial score (nSPS) is 10.4. The Balaban J connectivity index is 1.64. The molecule has 6 nitrogen and oxygen atoms in total. The predicted octanol–water partition coefficient (Wildman–Crippen LogP) is 5.45. The molecule has 1 N–H and O–H groups in total. The Kier molecular flexibility index (Phi) is 6.34. The molecule has 144 valence electrons. The van der Waals surface area contributed by atoms with Gasteiger partial charge in [-0.1, -0.05) is 35.9 Å². The molecule has 0 radical (unpaired) electrons. The van der Waals surface area contributed by atoms with Crippen LogP contribution < -0.4 is 14.8 Å². The minimum atomic E-state index is -0.416. The molecular weight excluding hydrogens is 380 g/mol. The Morgan fingerprint density at radius 3 is 2.46 bits per heavy atom. The van der Waals surface area contributed by atoms with E-state index in [1.165, 1.54) is 12.1 Å². The fourth-order valence-corrected chi connectivity index (χ4v) is 2.74. The van der Waals surface area contributed by atoms with E-state index in [9.17, 15) is 10.1 Å². The van der Waals surface area contributed by atoms with Gasteiger partial charge < -0.3 is 14.8 Å². The van der Waals surface area contributed by atoms with Gasteiger partial charge in [0.2, 0.25) is 0 Å². The third-order valence-electron chi connectivity index (χ3n) is 4.09. The van der Waals surface area contributed by atoms with Crippen LogP contribution in [0, 0.1) is 10.1 Å². The third kappa shape index (κ3) is 5.14. The summed E-state index contributed by atoms with van der Waals surface area (Å²) in [5.41, 5.74) is 2.69. The molecule has 0 amide bonds. The number of rotatable bonds is 8. The van der Waals surface area contributed by atoms with Gasteiger partial charge in [-0.15, -0.1) is 0 Å². The van der Waals surface area contributed by atoms with E-state index >= 15 is 0 Å². The topological polar surface area (TPSA) is 73.6 Å². The summed E-state index contributed by atoms with van der Waals surface area (Å²) in [6.45, 7) is 0.897. The van der Waals surface area contributed by atoms with E-state index in [4.69, 9.17) is 21.1 Å². The summed E-state index contributed by atoms with van der Waals surface area (Å²) < 4.78 is 11.3. The first-order chi connectivity index (χ1) is 13.5. The number of ether oxygens (including phenoxy) is 2. The van der Waals surface area contributed by atoms with Crippen molar-refractivity contribution in [1.82, 2.24) is 0 Å². The third-order valence-corrected chi connectivity index (χ3v) is 4.34. The molecular formula is C21H19ClN2O4. The minimum absolute atomic E-state index is 0.0496. The molecule has 3 aromatic carbocycles. The minimum Gasteiger partial charge on any atom is -0.493 e. The van der Waals surface area contributed by atoms with Crippen molar-refractivity contribution in [2.24, 2.45) is 0 Å². The summed E-state index contributed by atoms with van der Waals surface area (Å²) >= 11 is 5.89. The molecule has 0 fully saturated rings. The van der Waals surface area contributed by atoms with Gasteiger partial charge in [-0.25, -0.2) is 0 Å². The molecule has 0 spiro atoms. The van der Waals surface area contributed by atoms with Crippen molar-refractivity contribution in [2.45, 2.75) is 13.2 Å². The second-order valence-corrected chi connectivity index (χ2v) is 6.50. The molecule has 0 atom stereocenters. The van der Waals surface area contributed by atoms with Gasteiger partial charge in [0.15, 0.2) is 11.5 Å². The molecule has 0 heterocycles. The second-order valence-electron chi connectivity index (χ2n) is 6.06. The summed E-state index contributed by atoms with van der Waals surface area (Å²) in [5, 5.41) is 14.7. The SMILES string of the molecule is COc1cc(CNc2cccc([N+](=O)[O-])c2)ccc1OCc1ccc(Cl)cc1. The maximum absolute atomic E-state index is 10.9. The largest absolute Gasteiger partial charge is 0.493 e. The number of nitro benzene ring substituents is 1. The predicted molar refractivity (Wildman–Crippen MR) is 109 cm³/mol. The van der Waals surface area contributed by atoms with Gasteiger partial charge in [0, 0.05) is 29.4 Å². The number of methoxy groups -OCH3 is 1. The lowest BCUT2D eigenvalue weighted by Gasteiger charge is -2.13. The van der Waals surface area contributed by atoms with E-state index in [-0.39, 0.29) is 5.69 Å². The van der Waals surface area contributed by atoms with Crippen molar-refractivity contribution in [3.05, 3.63) is 93.0 Å². The molecule has 0 aliphatic heterocycles. The van der Waals surface area contributed by atoms with Crippen LogP contribution in [0.15, 0.2) is 66.7 Å². The Morgan fingerprint density at radius 1 is 1.00 bits per heavy atom. The molecule has 7 heteroatoms. The van der Waals surface area contributed by atoms with E-state index < -0.39 is 4.92 Å². The van der Waals surface area contributed by atoms with Crippen LogP contribution in [-0.2, 0) is 13.2 Å². The van der Waals surface area contributed by atoms with Crippen molar-refractivity contribution in [2.75, 3.05) is 12.4 Å². The molecule has 0 aliphatic rings. The van der Waals surface area contributed by atoms with Crippen LogP contribution in [0.3, 0.4) is 0 Å². The van der Waals surface area contributed by atoms with Gasteiger partial charge in [0.25, 0.3) is 5.69 Å². The number of hydrogen-bond acceptors (Lipinski definition) is 5. The highest BCUT2D eigenvalue weighted by atomic mass is 35.5. The zero-order valence-electron chi connectivity index (χ0n) is 15.2. The molecule has 0 saturated carbocycles. The molecule has 0 saturated heterocycles. The van der Waals surface area contributed by atoms with Crippen molar-refractivity contribution < 1.29 is 14.4 Å². The Bertz CT molecular complexity index is 961. The lowest BCUT2D eigenvalue weighted by atomic mass is 10.2. The van der Waals surface area contributed by atoms with Crippen LogP contribution >= 0.6 is 11.6 Å². The van der Waals surface area contributed by atoms with Crippen LogP contribution in [0.5, 0.6) is 11.5 Å². The highest BCUT2D eigenvalue weighted by Gasteiger charge is 2.08. The fourth-order valence-electron chi connectivity index (χ4n) is 2.62.